The zero-order valence-corrected chi connectivity index (χ0v) is 15.5. The van der Waals surface area contributed by atoms with E-state index in [0.29, 0.717) is 5.69 Å². The number of nitrogens with zero attached hydrogens (tertiary/aromatic N) is 1. The normalized spacial score (nSPS) is 11.1. The number of anilines is 2. The number of carbonyl (C=O) groups is 3. The van der Waals surface area contributed by atoms with E-state index >= 15 is 0 Å². The highest BCUT2D eigenvalue weighted by molar-refractivity contribution is 5.98. The molecular formula is C18H18N4O7. The maximum atomic E-state index is 12.3. The largest absolute Gasteiger partial charge is 0.495 e. The average Bonchev–Trinajstić information content (AvgIpc) is 2.67. The Kier molecular flexibility index (Phi) is 6.69. The number of esters is 1. The van der Waals surface area contributed by atoms with Gasteiger partial charge in [-0.1, -0.05) is 0 Å². The van der Waals surface area contributed by atoms with Gasteiger partial charge in [0.05, 0.1) is 23.3 Å². The molecule has 1 atom stereocenters. The van der Waals surface area contributed by atoms with E-state index in [1.165, 1.54) is 50.4 Å². The van der Waals surface area contributed by atoms with Crippen molar-refractivity contribution in [3.05, 3.63) is 58.1 Å². The van der Waals surface area contributed by atoms with Crippen LogP contribution in [0.4, 0.5) is 21.9 Å². The fourth-order valence-electron chi connectivity index (χ4n) is 2.26. The predicted molar refractivity (Wildman–Crippen MR) is 103 cm³/mol. The van der Waals surface area contributed by atoms with Crippen LogP contribution < -0.4 is 21.1 Å². The molecule has 29 heavy (non-hydrogen) atoms. The number of nitro groups is 1. The molecule has 152 valence electrons. The van der Waals surface area contributed by atoms with Gasteiger partial charge in [0.15, 0.2) is 6.10 Å². The Balaban J connectivity index is 2.05. The van der Waals surface area contributed by atoms with E-state index in [1.807, 2.05) is 0 Å². The van der Waals surface area contributed by atoms with Gasteiger partial charge in [0.2, 0.25) is 0 Å². The molecule has 0 unspecified atom stereocenters. The first kappa shape index (κ1) is 21.2. The number of carbonyl (C=O) groups excluding carboxylic acids is 3. The number of hydrogen-bond donors (Lipinski definition) is 3. The van der Waals surface area contributed by atoms with Crippen molar-refractivity contribution in [1.29, 1.82) is 0 Å². The summed E-state index contributed by atoms with van der Waals surface area (Å²) in [5.41, 5.74) is 5.36. The maximum absolute atomic E-state index is 12.3. The van der Waals surface area contributed by atoms with Gasteiger partial charge in [-0.15, -0.1) is 0 Å². The van der Waals surface area contributed by atoms with Gasteiger partial charge in [-0.3, -0.25) is 14.9 Å². The van der Waals surface area contributed by atoms with Gasteiger partial charge in [-0.25, -0.2) is 9.59 Å². The fraction of sp³-hybridized carbons (Fsp3) is 0.167. The number of nitrogens with two attached hydrogens (primary N) is 1. The summed E-state index contributed by atoms with van der Waals surface area (Å²) in [6.45, 7) is 1.35. The average molecular weight is 402 g/mol. The number of ether oxygens (including phenoxy) is 2. The molecular weight excluding hydrogens is 384 g/mol. The molecule has 11 nitrogen and oxygen atoms in total. The minimum absolute atomic E-state index is 0.0662. The van der Waals surface area contributed by atoms with Crippen LogP contribution >= 0.6 is 0 Å². The summed E-state index contributed by atoms with van der Waals surface area (Å²) < 4.78 is 10.2. The molecule has 0 spiro atoms. The molecule has 2 aromatic rings. The van der Waals surface area contributed by atoms with E-state index in [-0.39, 0.29) is 22.7 Å². The first-order chi connectivity index (χ1) is 13.7. The minimum Gasteiger partial charge on any atom is -0.495 e. The number of amides is 3. The molecule has 0 saturated heterocycles. The molecule has 11 heteroatoms. The van der Waals surface area contributed by atoms with Crippen molar-refractivity contribution in [3.8, 4) is 5.75 Å². The number of non-ortho nitro benzene ring substituents is 1. The van der Waals surface area contributed by atoms with E-state index in [0.717, 1.165) is 6.07 Å². The fourth-order valence-corrected chi connectivity index (χ4v) is 2.26. The Labute approximate surface area is 164 Å². The summed E-state index contributed by atoms with van der Waals surface area (Å²) >= 11 is 0. The summed E-state index contributed by atoms with van der Waals surface area (Å²) in [6.07, 6.45) is -1.20. The zero-order valence-electron chi connectivity index (χ0n) is 15.5. The lowest BCUT2D eigenvalue weighted by Crippen LogP contribution is -2.30. The van der Waals surface area contributed by atoms with Crippen molar-refractivity contribution in [3.63, 3.8) is 0 Å². The van der Waals surface area contributed by atoms with Crippen LogP contribution in [0.2, 0.25) is 0 Å². The minimum atomic E-state index is -1.20. The summed E-state index contributed by atoms with van der Waals surface area (Å²) in [4.78, 5) is 45.6. The number of primary amides is 1. The quantitative estimate of drug-likeness (QED) is 0.363. The monoisotopic (exact) mass is 402 g/mol. The van der Waals surface area contributed by atoms with Crippen molar-refractivity contribution in [2.75, 3.05) is 17.7 Å². The Morgan fingerprint density at radius 1 is 1.10 bits per heavy atom. The number of nitrogens with one attached hydrogen (secondary N) is 2. The Morgan fingerprint density at radius 2 is 1.76 bits per heavy atom. The Bertz CT molecular complexity index is 944. The summed E-state index contributed by atoms with van der Waals surface area (Å²) in [5.74, 6) is -1.27. The van der Waals surface area contributed by atoms with Gasteiger partial charge in [0.1, 0.15) is 5.75 Å². The molecule has 2 rings (SSSR count). The third-order valence-electron chi connectivity index (χ3n) is 3.69. The summed E-state index contributed by atoms with van der Waals surface area (Å²) in [7, 11) is 1.34. The molecule has 4 N–H and O–H groups in total. The molecule has 0 aliphatic carbocycles. The molecule has 0 heterocycles. The van der Waals surface area contributed by atoms with Gasteiger partial charge in [-0.2, -0.15) is 0 Å². The predicted octanol–water partition coefficient (Wildman–Crippen LogP) is 2.28. The molecule has 0 aliphatic heterocycles. The highest BCUT2D eigenvalue weighted by Crippen LogP contribution is 2.29. The van der Waals surface area contributed by atoms with Crippen LogP contribution in [0.3, 0.4) is 0 Å². The lowest BCUT2D eigenvalue weighted by Gasteiger charge is -2.15. The molecule has 2 aromatic carbocycles. The third-order valence-corrected chi connectivity index (χ3v) is 3.69. The van der Waals surface area contributed by atoms with Crippen molar-refractivity contribution >= 4 is 35.0 Å². The lowest BCUT2D eigenvalue weighted by molar-refractivity contribution is -0.384. The van der Waals surface area contributed by atoms with Crippen molar-refractivity contribution < 1.29 is 28.8 Å². The molecule has 0 saturated carbocycles. The number of hydrogen-bond acceptors (Lipinski definition) is 7. The molecule has 0 radical (unpaired) electrons. The van der Waals surface area contributed by atoms with E-state index in [4.69, 9.17) is 15.2 Å². The highest BCUT2D eigenvalue weighted by atomic mass is 16.6. The Hall–Kier alpha value is -4.15. The third kappa shape index (κ3) is 5.66. The number of rotatable bonds is 7. The maximum Gasteiger partial charge on any atom is 0.338 e. The van der Waals surface area contributed by atoms with Crippen molar-refractivity contribution in [2.24, 2.45) is 5.73 Å². The van der Waals surface area contributed by atoms with E-state index in [1.54, 1.807) is 0 Å². The van der Waals surface area contributed by atoms with Crippen LogP contribution in [-0.2, 0) is 9.53 Å². The molecule has 0 fully saturated rings. The standard InChI is InChI=1S/C18H18N4O7/c1-10(29-17(24)11-3-5-12(6-4-11)20-18(19)25)16(23)21-14-9-13(22(26)27)7-8-15(14)28-2/h3-10H,1-2H3,(H,21,23)(H3,19,20,25)/t10-/m1/s1. The van der Waals surface area contributed by atoms with Crippen molar-refractivity contribution in [2.45, 2.75) is 13.0 Å². The van der Waals surface area contributed by atoms with Gasteiger partial charge >= 0.3 is 12.0 Å². The second-order valence-electron chi connectivity index (χ2n) is 5.75. The van der Waals surface area contributed by atoms with Crippen molar-refractivity contribution in [1.82, 2.24) is 0 Å². The van der Waals surface area contributed by atoms with Gasteiger partial charge in [-0.05, 0) is 37.3 Å². The van der Waals surface area contributed by atoms with Gasteiger partial charge < -0.3 is 25.8 Å². The number of nitro benzene ring substituents is 1. The van der Waals surface area contributed by atoms with Gasteiger partial charge in [0, 0.05) is 17.8 Å². The Morgan fingerprint density at radius 3 is 2.31 bits per heavy atom. The van der Waals surface area contributed by atoms with E-state index in [2.05, 4.69) is 10.6 Å². The smallest absolute Gasteiger partial charge is 0.338 e. The van der Waals surface area contributed by atoms with E-state index in [9.17, 15) is 24.5 Å². The zero-order chi connectivity index (χ0) is 21.6. The number of urea groups is 1. The second kappa shape index (κ2) is 9.17. The van der Waals surface area contributed by atoms with Crippen LogP contribution in [0, 0.1) is 10.1 Å². The number of benzene rings is 2. The summed E-state index contributed by atoms with van der Waals surface area (Å²) in [5, 5.41) is 15.7. The van der Waals surface area contributed by atoms with Crippen LogP contribution in [0.15, 0.2) is 42.5 Å². The highest BCUT2D eigenvalue weighted by Gasteiger charge is 2.21. The van der Waals surface area contributed by atoms with Crippen LogP contribution in [-0.4, -0.2) is 36.0 Å². The lowest BCUT2D eigenvalue weighted by atomic mass is 10.2. The first-order valence-electron chi connectivity index (χ1n) is 8.22. The molecule has 0 bridgehead atoms. The van der Waals surface area contributed by atoms with Crippen LogP contribution in [0.5, 0.6) is 5.75 Å². The summed E-state index contributed by atoms with van der Waals surface area (Å²) in [6, 6.07) is 8.63. The second-order valence-corrected chi connectivity index (χ2v) is 5.75. The number of methoxy groups -OCH3 is 1. The molecule has 0 aromatic heterocycles. The molecule has 3 amide bonds. The van der Waals surface area contributed by atoms with Crippen LogP contribution in [0.1, 0.15) is 17.3 Å². The van der Waals surface area contributed by atoms with Gasteiger partial charge in [0.25, 0.3) is 11.6 Å². The van der Waals surface area contributed by atoms with E-state index < -0.39 is 28.9 Å². The van der Waals surface area contributed by atoms with Crippen LogP contribution in [0.25, 0.3) is 0 Å². The first-order valence-corrected chi connectivity index (χ1v) is 8.22. The SMILES string of the molecule is COc1ccc([N+](=O)[O-])cc1NC(=O)[C@@H](C)OC(=O)c1ccc(NC(N)=O)cc1. The topological polar surface area (TPSA) is 163 Å². The molecule has 0 aliphatic rings.